The average molecular weight is 409 g/mol. The van der Waals surface area contributed by atoms with E-state index in [0.29, 0.717) is 0 Å². The molecular weight excluding hydrogens is 384 g/mol. The normalized spacial score (nSPS) is 18.0. The second-order valence-electron chi connectivity index (χ2n) is 8.30. The predicted molar refractivity (Wildman–Crippen MR) is 115 cm³/mol. The number of tetrazole rings is 1. The molecule has 1 spiro atoms. The van der Waals surface area contributed by atoms with Gasteiger partial charge in [0.05, 0.1) is 0 Å². The van der Waals surface area contributed by atoms with Gasteiger partial charge in [-0.05, 0) is 75.3 Å². The first-order valence-corrected chi connectivity index (χ1v) is 10.5. The van der Waals surface area contributed by atoms with Crippen molar-refractivity contribution in [3.63, 3.8) is 0 Å². The first kappa shape index (κ1) is 18.6. The molecule has 0 radical (unpaired) electrons. The summed E-state index contributed by atoms with van der Waals surface area (Å²) in [4.78, 5) is 4.83. The fourth-order valence-electron chi connectivity index (χ4n) is 4.95. The molecule has 1 saturated heterocycles. The number of likely N-dealkylation sites (tertiary alicyclic amines) is 1. The van der Waals surface area contributed by atoms with Crippen LogP contribution in [0.1, 0.15) is 35.4 Å². The smallest absolute Gasteiger partial charge is 0.176 e. The summed E-state index contributed by atoms with van der Waals surface area (Å²) in [5, 5.41) is 15.3. The van der Waals surface area contributed by atoms with Gasteiger partial charge in [-0.25, -0.2) is 0 Å². The minimum Gasteiger partial charge on any atom is -0.341 e. The Balaban J connectivity index is 1.66. The number of rotatable bonds is 3. The van der Waals surface area contributed by atoms with Gasteiger partial charge in [-0.1, -0.05) is 34.5 Å². The zero-order valence-corrected chi connectivity index (χ0v) is 17.6. The van der Waals surface area contributed by atoms with E-state index in [9.17, 15) is 0 Å². The van der Waals surface area contributed by atoms with Crippen molar-refractivity contribution < 1.29 is 0 Å². The number of piperidine rings is 1. The first-order chi connectivity index (χ1) is 14.1. The van der Waals surface area contributed by atoms with E-state index in [1.807, 2.05) is 6.07 Å². The van der Waals surface area contributed by atoms with E-state index in [0.717, 1.165) is 49.7 Å². The van der Waals surface area contributed by atoms with Crippen LogP contribution in [0.2, 0.25) is 5.02 Å². The van der Waals surface area contributed by atoms with Crippen molar-refractivity contribution in [3.8, 4) is 0 Å². The van der Waals surface area contributed by atoms with E-state index in [1.165, 1.54) is 28.1 Å². The van der Waals surface area contributed by atoms with Crippen LogP contribution in [-0.2, 0) is 11.8 Å². The molecule has 3 aromatic rings. The number of anilines is 2. The molecule has 1 N–H and O–H groups in total. The zero-order valence-electron chi connectivity index (χ0n) is 16.8. The van der Waals surface area contributed by atoms with Crippen LogP contribution in [0.3, 0.4) is 0 Å². The topological polar surface area (TPSA) is 60.9 Å². The van der Waals surface area contributed by atoms with E-state index in [-0.39, 0.29) is 5.41 Å². The number of benzene rings is 2. The number of aromatic amines is 1. The second kappa shape index (κ2) is 7.11. The number of nitrogens with one attached hydrogen (secondary N) is 1. The third-order valence-corrected chi connectivity index (χ3v) is 6.75. The molecule has 0 bridgehead atoms. The number of hydrogen-bond acceptors (Lipinski definition) is 5. The summed E-state index contributed by atoms with van der Waals surface area (Å²) < 4.78 is 0. The summed E-state index contributed by atoms with van der Waals surface area (Å²) in [7, 11) is 2.21. The van der Waals surface area contributed by atoms with Gasteiger partial charge in [0.15, 0.2) is 5.82 Å². The Morgan fingerprint density at radius 1 is 1.07 bits per heavy atom. The molecule has 1 fully saturated rings. The summed E-state index contributed by atoms with van der Waals surface area (Å²) in [6.07, 6.45) is 2.93. The molecule has 6 nitrogen and oxygen atoms in total. The van der Waals surface area contributed by atoms with Crippen LogP contribution in [0, 0.1) is 6.92 Å². The SMILES string of the molecule is Cc1ccc2c(c1)C1(CCN(C)CC1)c1cc(Cl)ccc1N2CCc1nn[nH]n1. The van der Waals surface area contributed by atoms with Gasteiger partial charge >= 0.3 is 0 Å². The number of aromatic nitrogens is 4. The molecule has 0 unspecified atom stereocenters. The second-order valence-corrected chi connectivity index (χ2v) is 8.73. The molecule has 0 amide bonds. The molecule has 0 aliphatic carbocycles. The van der Waals surface area contributed by atoms with Crippen molar-refractivity contribution in [1.29, 1.82) is 0 Å². The molecule has 150 valence electrons. The van der Waals surface area contributed by atoms with Crippen LogP contribution in [-0.4, -0.2) is 52.2 Å². The van der Waals surface area contributed by atoms with E-state index in [4.69, 9.17) is 11.6 Å². The molecule has 0 saturated carbocycles. The quantitative estimate of drug-likeness (QED) is 0.712. The number of nitrogens with zero attached hydrogens (tertiary/aromatic N) is 5. The zero-order chi connectivity index (χ0) is 20.0. The van der Waals surface area contributed by atoms with Crippen molar-refractivity contribution in [2.45, 2.75) is 31.6 Å². The Hall–Kier alpha value is -2.44. The lowest BCUT2D eigenvalue weighted by Crippen LogP contribution is -2.45. The van der Waals surface area contributed by atoms with Gasteiger partial charge in [0.2, 0.25) is 0 Å². The molecule has 7 heteroatoms. The Morgan fingerprint density at radius 2 is 1.79 bits per heavy atom. The highest BCUT2D eigenvalue weighted by atomic mass is 35.5. The van der Waals surface area contributed by atoms with Crippen LogP contribution in [0.15, 0.2) is 36.4 Å². The fourth-order valence-corrected chi connectivity index (χ4v) is 5.12. The summed E-state index contributed by atoms with van der Waals surface area (Å²) in [5.74, 6) is 0.730. The standard InChI is InChI=1S/C22H25ClN6/c1-15-3-5-19-17(13-15)22(8-11-28(2)12-9-22)18-14-16(23)4-6-20(18)29(19)10-7-21-24-26-27-25-21/h3-6,13-14H,7-12H2,1-2H3,(H,24,25,26,27). The lowest BCUT2D eigenvalue weighted by atomic mass is 9.65. The maximum Gasteiger partial charge on any atom is 0.176 e. The molecule has 5 rings (SSSR count). The van der Waals surface area contributed by atoms with Crippen LogP contribution in [0.5, 0.6) is 0 Å². The van der Waals surface area contributed by atoms with Crippen molar-refractivity contribution >= 4 is 23.0 Å². The minimum atomic E-state index is 0.0107. The highest BCUT2D eigenvalue weighted by Crippen LogP contribution is 2.54. The molecule has 29 heavy (non-hydrogen) atoms. The molecule has 2 aliphatic heterocycles. The minimum absolute atomic E-state index is 0.0107. The highest BCUT2D eigenvalue weighted by molar-refractivity contribution is 6.30. The molecule has 3 heterocycles. The van der Waals surface area contributed by atoms with Gasteiger partial charge in [-0.15, -0.1) is 10.2 Å². The van der Waals surface area contributed by atoms with Crippen molar-refractivity contribution in [1.82, 2.24) is 25.5 Å². The van der Waals surface area contributed by atoms with Gasteiger partial charge in [0, 0.05) is 34.8 Å². The maximum atomic E-state index is 6.51. The Morgan fingerprint density at radius 3 is 2.52 bits per heavy atom. The fraction of sp³-hybridized carbons (Fsp3) is 0.409. The monoisotopic (exact) mass is 408 g/mol. The van der Waals surface area contributed by atoms with Gasteiger partial charge < -0.3 is 9.80 Å². The van der Waals surface area contributed by atoms with Gasteiger partial charge in [0.1, 0.15) is 0 Å². The van der Waals surface area contributed by atoms with Crippen LogP contribution < -0.4 is 4.90 Å². The summed E-state index contributed by atoms with van der Waals surface area (Å²) in [6, 6.07) is 13.2. The van der Waals surface area contributed by atoms with Crippen LogP contribution in [0.25, 0.3) is 0 Å². The number of aryl methyl sites for hydroxylation is 1. The largest absolute Gasteiger partial charge is 0.341 e. The molecule has 1 aromatic heterocycles. The number of halogens is 1. The number of fused-ring (bicyclic) bond motifs is 4. The van der Waals surface area contributed by atoms with Gasteiger partial charge in [-0.2, -0.15) is 5.21 Å². The van der Waals surface area contributed by atoms with Crippen LogP contribution >= 0.6 is 11.6 Å². The lowest BCUT2D eigenvalue weighted by molar-refractivity contribution is 0.212. The molecule has 2 aliphatic rings. The number of hydrogen-bond donors (Lipinski definition) is 1. The number of H-pyrrole nitrogens is 1. The maximum absolute atomic E-state index is 6.51. The van der Waals surface area contributed by atoms with E-state index < -0.39 is 0 Å². The third kappa shape index (κ3) is 3.11. The van der Waals surface area contributed by atoms with Gasteiger partial charge in [0.25, 0.3) is 0 Å². The summed E-state index contributed by atoms with van der Waals surface area (Å²) in [6.45, 7) is 5.14. The Bertz CT molecular complexity index is 968. The predicted octanol–water partition coefficient (Wildman–Crippen LogP) is 3.87. The lowest BCUT2D eigenvalue weighted by Gasteiger charge is -2.49. The summed E-state index contributed by atoms with van der Waals surface area (Å²) >= 11 is 6.51. The highest BCUT2D eigenvalue weighted by Gasteiger charge is 2.44. The van der Waals surface area contributed by atoms with E-state index in [2.05, 4.69) is 74.7 Å². The van der Waals surface area contributed by atoms with E-state index >= 15 is 0 Å². The van der Waals surface area contributed by atoms with E-state index in [1.54, 1.807) is 0 Å². The molecular formula is C22H25ClN6. The third-order valence-electron chi connectivity index (χ3n) is 6.51. The van der Waals surface area contributed by atoms with Crippen molar-refractivity contribution in [3.05, 3.63) is 63.9 Å². The average Bonchev–Trinajstić information content (AvgIpc) is 3.24. The van der Waals surface area contributed by atoms with Crippen molar-refractivity contribution in [2.24, 2.45) is 0 Å². The molecule has 0 atom stereocenters. The summed E-state index contributed by atoms with van der Waals surface area (Å²) in [5.41, 5.74) is 6.62. The van der Waals surface area contributed by atoms with Gasteiger partial charge in [-0.3, -0.25) is 0 Å². The Kier molecular flexibility index (Phi) is 4.56. The Labute approximate surface area is 175 Å². The van der Waals surface area contributed by atoms with Crippen LogP contribution in [0.4, 0.5) is 11.4 Å². The first-order valence-electron chi connectivity index (χ1n) is 10.2. The van der Waals surface area contributed by atoms with Crippen molar-refractivity contribution in [2.75, 3.05) is 31.6 Å². The molecule has 2 aromatic carbocycles.